The van der Waals surface area contributed by atoms with Crippen LogP contribution in [0.4, 0.5) is 4.79 Å². The fourth-order valence-electron chi connectivity index (χ4n) is 2.33. The van der Waals surface area contributed by atoms with Crippen LogP contribution >= 0.6 is 0 Å². The van der Waals surface area contributed by atoms with E-state index in [1.807, 2.05) is 26.8 Å². The molecule has 0 aliphatic rings. The molecule has 2 heterocycles. The summed E-state index contributed by atoms with van der Waals surface area (Å²) in [5, 5.41) is 15.7. The number of aliphatic hydroxyl groups is 1. The van der Waals surface area contributed by atoms with Gasteiger partial charge in [-0.1, -0.05) is 0 Å². The smallest absolute Gasteiger partial charge is 0.315 e. The number of urea groups is 1. The van der Waals surface area contributed by atoms with Crippen molar-refractivity contribution in [2.45, 2.75) is 39.3 Å². The molecule has 0 spiro atoms. The van der Waals surface area contributed by atoms with E-state index in [1.165, 1.54) is 6.26 Å². The minimum atomic E-state index is -1.26. The van der Waals surface area contributed by atoms with E-state index in [-0.39, 0.29) is 18.6 Å². The zero-order chi connectivity index (χ0) is 16.3. The molecule has 0 aromatic carbocycles. The highest BCUT2D eigenvalue weighted by Gasteiger charge is 2.27. The number of hydrogen-bond donors (Lipinski definition) is 3. The molecule has 22 heavy (non-hydrogen) atoms. The molecule has 0 saturated carbocycles. The van der Waals surface area contributed by atoms with Crippen molar-refractivity contribution >= 4 is 6.03 Å². The van der Waals surface area contributed by atoms with E-state index in [1.54, 1.807) is 19.1 Å². The highest BCUT2D eigenvalue weighted by molar-refractivity contribution is 5.74. The van der Waals surface area contributed by atoms with Gasteiger partial charge in [0.1, 0.15) is 22.9 Å². The van der Waals surface area contributed by atoms with Crippen LogP contribution in [0.25, 0.3) is 0 Å². The quantitative estimate of drug-likeness (QED) is 0.792. The number of hydrogen-bond acceptors (Lipinski definition) is 4. The normalized spacial score (nSPS) is 15.1. The first-order chi connectivity index (χ1) is 10.3. The van der Waals surface area contributed by atoms with Crippen molar-refractivity contribution in [2.75, 3.05) is 6.54 Å². The van der Waals surface area contributed by atoms with E-state index in [4.69, 9.17) is 8.83 Å². The van der Waals surface area contributed by atoms with Crippen molar-refractivity contribution in [1.29, 1.82) is 0 Å². The molecule has 120 valence electrons. The summed E-state index contributed by atoms with van der Waals surface area (Å²) in [4.78, 5) is 12.0. The molecule has 0 fully saturated rings. The fourth-order valence-corrected chi connectivity index (χ4v) is 2.33. The van der Waals surface area contributed by atoms with Crippen molar-refractivity contribution in [2.24, 2.45) is 0 Å². The molecule has 0 saturated heterocycles. The van der Waals surface area contributed by atoms with Gasteiger partial charge in [-0.25, -0.2) is 4.79 Å². The first kappa shape index (κ1) is 16.2. The second-order valence-electron chi connectivity index (χ2n) is 5.67. The summed E-state index contributed by atoms with van der Waals surface area (Å²) in [6.45, 7) is 7.23. The van der Waals surface area contributed by atoms with Gasteiger partial charge in [-0.3, -0.25) is 0 Å². The van der Waals surface area contributed by atoms with E-state index >= 15 is 0 Å². The maximum Gasteiger partial charge on any atom is 0.315 e. The summed E-state index contributed by atoms with van der Waals surface area (Å²) in [6.07, 6.45) is 1.48. The van der Waals surface area contributed by atoms with E-state index in [9.17, 15) is 9.90 Å². The predicted octanol–water partition coefficient (Wildman–Crippen LogP) is 2.76. The van der Waals surface area contributed by atoms with Crippen molar-refractivity contribution in [3.8, 4) is 0 Å². The van der Waals surface area contributed by atoms with E-state index in [0.29, 0.717) is 5.76 Å². The van der Waals surface area contributed by atoms with Crippen LogP contribution in [0.15, 0.2) is 33.3 Å². The molecule has 2 rings (SSSR count). The number of carbonyl (C=O) groups excluding carboxylic acids is 1. The Bertz CT molecular complexity index is 629. The standard InChI is InChI=1S/C16H22N2O4/c1-10-8-13(12(3)22-10)11(2)18-15(19)17-9-16(4,20)14-6-5-7-21-14/h5-8,11,20H,9H2,1-4H3,(H2,17,18,19)/t11-,16-/m0/s1. The Labute approximate surface area is 129 Å². The molecule has 0 aliphatic heterocycles. The van der Waals surface area contributed by atoms with Crippen LogP contribution in [-0.2, 0) is 5.60 Å². The number of furan rings is 2. The lowest BCUT2D eigenvalue weighted by Crippen LogP contribution is -2.44. The lowest BCUT2D eigenvalue weighted by atomic mass is 10.0. The molecule has 0 unspecified atom stereocenters. The first-order valence-electron chi connectivity index (χ1n) is 7.17. The summed E-state index contributed by atoms with van der Waals surface area (Å²) >= 11 is 0. The fraction of sp³-hybridized carbons (Fsp3) is 0.438. The second kappa shape index (κ2) is 6.27. The van der Waals surface area contributed by atoms with Gasteiger partial charge in [0.25, 0.3) is 0 Å². The number of rotatable bonds is 5. The molecule has 2 aromatic rings. The molecular formula is C16H22N2O4. The van der Waals surface area contributed by atoms with Crippen LogP contribution in [0.2, 0.25) is 0 Å². The molecular weight excluding hydrogens is 284 g/mol. The Hall–Kier alpha value is -2.21. The van der Waals surface area contributed by atoms with Gasteiger partial charge < -0.3 is 24.6 Å². The van der Waals surface area contributed by atoms with Crippen LogP contribution in [-0.4, -0.2) is 17.7 Å². The molecule has 2 amide bonds. The van der Waals surface area contributed by atoms with Gasteiger partial charge in [0, 0.05) is 5.56 Å². The summed E-state index contributed by atoms with van der Waals surface area (Å²) < 4.78 is 10.6. The van der Waals surface area contributed by atoms with Crippen LogP contribution < -0.4 is 10.6 Å². The van der Waals surface area contributed by atoms with Crippen molar-refractivity contribution in [3.05, 3.63) is 47.3 Å². The number of aryl methyl sites for hydroxylation is 2. The van der Waals surface area contributed by atoms with Crippen molar-refractivity contribution in [1.82, 2.24) is 10.6 Å². The molecule has 6 nitrogen and oxygen atoms in total. The minimum absolute atomic E-state index is 0.0441. The lowest BCUT2D eigenvalue weighted by molar-refractivity contribution is 0.0366. The van der Waals surface area contributed by atoms with Gasteiger partial charge in [-0.05, 0) is 45.9 Å². The monoisotopic (exact) mass is 306 g/mol. The molecule has 2 atom stereocenters. The maximum atomic E-state index is 12.0. The van der Waals surface area contributed by atoms with Crippen LogP contribution in [0.5, 0.6) is 0 Å². The number of carbonyl (C=O) groups is 1. The molecule has 0 bridgehead atoms. The third kappa shape index (κ3) is 3.71. The Balaban J connectivity index is 1.89. The molecule has 6 heteroatoms. The van der Waals surface area contributed by atoms with Gasteiger partial charge in [0.05, 0.1) is 18.8 Å². The molecule has 0 aliphatic carbocycles. The third-order valence-electron chi connectivity index (χ3n) is 3.54. The Kier molecular flexibility index (Phi) is 4.61. The van der Waals surface area contributed by atoms with Gasteiger partial charge in [0.2, 0.25) is 0 Å². The van der Waals surface area contributed by atoms with Crippen molar-refractivity contribution in [3.63, 3.8) is 0 Å². The van der Waals surface area contributed by atoms with Crippen LogP contribution in [0.1, 0.15) is 42.7 Å². The van der Waals surface area contributed by atoms with E-state index in [2.05, 4.69) is 10.6 Å². The first-order valence-corrected chi connectivity index (χ1v) is 7.17. The third-order valence-corrected chi connectivity index (χ3v) is 3.54. The zero-order valence-corrected chi connectivity index (χ0v) is 13.3. The molecule has 3 N–H and O–H groups in total. The van der Waals surface area contributed by atoms with Crippen LogP contribution in [0.3, 0.4) is 0 Å². The summed E-state index contributed by atoms with van der Waals surface area (Å²) in [5.74, 6) is 2.00. The van der Waals surface area contributed by atoms with Crippen molar-refractivity contribution < 1.29 is 18.7 Å². The largest absolute Gasteiger partial charge is 0.466 e. The molecule has 0 radical (unpaired) electrons. The van der Waals surface area contributed by atoms with E-state index in [0.717, 1.165) is 17.1 Å². The van der Waals surface area contributed by atoms with E-state index < -0.39 is 5.60 Å². The lowest BCUT2D eigenvalue weighted by Gasteiger charge is -2.22. The predicted molar refractivity (Wildman–Crippen MR) is 81.4 cm³/mol. The van der Waals surface area contributed by atoms with Gasteiger partial charge in [-0.15, -0.1) is 0 Å². The highest BCUT2D eigenvalue weighted by atomic mass is 16.4. The SMILES string of the molecule is Cc1cc([C@H](C)NC(=O)NC[C@](C)(O)c2ccco2)c(C)o1. The highest BCUT2D eigenvalue weighted by Crippen LogP contribution is 2.22. The topological polar surface area (TPSA) is 87.6 Å². The van der Waals surface area contributed by atoms with Gasteiger partial charge in [0.15, 0.2) is 0 Å². The maximum absolute atomic E-state index is 12.0. The van der Waals surface area contributed by atoms with Gasteiger partial charge >= 0.3 is 6.03 Å². The Morgan fingerprint density at radius 3 is 2.73 bits per heavy atom. The molecule has 2 aromatic heterocycles. The average molecular weight is 306 g/mol. The Morgan fingerprint density at radius 1 is 1.45 bits per heavy atom. The average Bonchev–Trinajstić information content (AvgIpc) is 3.06. The second-order valence-corrected chi connectivity index (χ2v) is 5.67. The zero-order valence-electron chi connectivity index (χ0n) is 13.3. The van der Waals surface area contributed by atoms with Gasteiger partial charge in [-0.2, -0.15) is 0 Å². The summed E-state index contributed by atoms with van der Waals surface area (Å²) in [7, 11) is 0. The Morgan fingerprint density at radius 2 is 2.18 bits per heavy atom. The summed E-state index contributed by atoms with van der Waals surface area (Å²) in [5.41, 5.74) is -0.322. The number of amides is 2. The minimum Gasteiger partial charge on any atom is -0.466 e. The number of nitrogens with one attached hydrogen (secondary N) is 2. The summed E-state index contributed by atoms with van der Waals surface area (Å²) in [6, 6.07) is 4.71. The van der Waals surface area contributed by atoms with Crippen LogP contribution in [0, 0.1) is 13.8 Å².